The van der Waals surface area contributed by atoms with Gasteiger partial charge in [0, 0.05) is 12.6 Å². The lowest BCUT2D eigenvalue weighted by Gasteiger charge is -2.21. The fourth-order valence-corrected chi connectivity index (χ4v) is 3.54. The first kappa shape index (κ1) is 16.2. The summed E-state index contributed by atoms with van der Waals surface area (Å²) in [5, 5.41) is 0.719. The zero-order valence-electron chi connectivity index (χ0n) is 13.9. The highest BCUT2D eigenvalue weighted by Gasteiger charge is 2.19. The quantitative estimate of drug-likeness (QED) is 0.696. The molecule has 5 heteroatoms. The van der Waals surface area contributed by atoms with Crippen LogP contribution in [0, 0.1) is 6.92 Å². The van der Waals surface area contributed by atoms with E-state index in [9.17, 15) is 4.79 Å². The summed E-state index contributed by atoms with van der Waals surface area (Å²) in [4.78, 5) is 18.4. The Balaban J connectivity index is 2.05. The maximum absolute atomic E-state index is 12.2. The Morgan fingerprint density at radius 1 is 1.25 bits per heavy atom. The van der Waals surface area contributed by atoms with Crippen LogP contribution < -0.4 is 9.64 Å². The first-order valence-electron chi connectivity index (χ1n) is 7.51. The summed E-state index contributed by atoms with van der Waals surface area (Å²) >= 11 is 1.50. The molecule has 1 heterocycles. The van der Waals surface area contributed by atoms with E-state index in [0.717, 1.165) is 32.2 Å². The van der Waals surface area contributed by atoms with Crippen LogP contribution in [0.25, 0.3) is 15.9 Å². The molecule has 0 aliphatic carbocycles. The first-order chi connectivity index (χ1) is 11.5. The highest BCUT2D eigenvalue weighted by molar-refractivity contribution is 7.19. The van der Waals surface area contributed by atoms with Gasteiger partial charge in [0.15, 0.2) is 0 Å². The monoisotopic (exact) mass is 338 g/mol. The van der Waals surface area contributed by atoms with Gasteiger partial charge in [-0.05, 0) is 36.8 Å². The number of carbonyl (C=O) groups excluding carboxylic acids is 1. The van der Waals surface area contributed by atoms with Gasteiger partial charge in [0.05, 0.1) is 23.0 Å². The van der Waals surface area contributed by atoms with Crippen molar-refractivity contribution in [3.8, 4) is 5.75 Å². The molecule has 1 amide bonds. The van der Waals surface area contributed by atoms with Crippen LogP contribution in [0.5, 0.6) is 5.75 Å². The fourth-order valence-electron chi connectivity index (χ4n) is 2.60. The molecule has 0 aliphatic rings. The topological polar surface area (TPSA) is 42.4 Å². The van der Waals surface area contributed by atoms with E-state index >= 15 is 0 Å². The Kier molecular flexibility index (Phi) is 4.36. The number of ether oxygens (including phenoxy) is 1. The molecule has 0 atom stereocenters. The van der Waals surface area contributed by atoms with Gasteiger partial charge in [-0.15, -0.1) is 11.3 Å². The second kappa shape index (κ2) is 6.45. The van der Waals surface area contributed by atoms with Crippen molar-refractivity contribution in [3.63, 3.8) is 0 Å². The predicted molar refractivity (Wildman–Crippen MR) is 99.5 cm³/mol. The van der Waals surface area contributed by atoms with E-state index in [2.05, 4.69) is 11.6 Å². The van der Waals surface area contributed by atoms with Crippen LogP contribution in [-0.4, -0.2) is 18.0 Å². The van der Waals surface area contributed by atoms with Crippen molar-refractivity contribution in [3.05, 3.63) is 59.6 Å². The number of thiazole rings is 1. The molecular weight excluding hydrogens is 320 g/mol. The van der Waals surface area contributed by atoms with Gasteiger partial charge >= 0.3 is 0 Å². The normalized spacial score (nSPS) is 10.6. The predicted octanol–water partition coefficient (Wildman–Crippen LogP) is 4.64. The van der Waals surface area contributed by atoms with Crippen molar-refractivity contribution in [2.45, 2.75) is 13.8 Å². The number of aryl methyl sites for hydroxylation is 1. The minimum absolute atomic E-state index is 0.0979. The summed E-state index contributed by atoms with van der Waals surface area (Å²) < 4.78 is 6.37. The molecule has 0 radical (unpaired) electrons. The third-order valence-corrected chi connectivity index (χ3v) is 4.82. The SMILES string of the molecule is C=C(c1nc2cc(C)c(OC)cc2s1)N(C(C)=O)c1ccccc1. The van der Waals surface area contributed by atoms with Crippen molar-refractivity contribution < 1.29 is 9.53 Å². The van der Waals surface area contributed by atoms with Gasteiger partial charge in [0.2, 0.25) is 5.91 Å². The van der Waals surface area contributed by atoms with Crippen molar-refractivity contribution in [2.75, 3.05) is 12.0 Å². The number of benzene rings is 2. The third kappa shape index (κ3) is 2.90. The Morgan fingerprint density at radius 3 is 2.58 bits per heavy atom. The fraction of sp³-hybridized carbons (Fsp3) is 0.158. The average Bonchev–Trinajstić information content (AvgIpc) is 2.97. The molecule has 3 rings (SSSR count). The molecule has 3 aromatic rings. The molecule has 0 N–H and O–H groups in total. The Labute approximate surface area is 145 Å². The molecular formula is C19H18N2O2S. The van der Waals surface area contributed by atoms with Gasteiger partial charge in [-0.1, -0.05) is 24.8 Å². The van der Waals surface area contributed by atoms with Crippen molar-refractivity contribution in [1.82, 2.24) is 4.98 Å². The van der Waals surface area contributed by atoms with E-state index in [4.69, 9.17) is 4.74 Å². The standard InChI is InChI=1S/C19H18N2O2S/c1-12-10-16-18(11-17(12)23-4)24-19(20-16)13(2)21(14(3)22)15-8-6-5-7-9-15/h5-11H,2H2,1,3-4H3. The summed E-state index contributed by atoms with van der Waals surface area (Å²) in [6.45, 7) is 7.62. The van der Waals surface area contributed by atoms with E-state index in [1.807, 2.05) is 49.4 Å². The van der Waals surface area contributed by atoms with Crippen LogP contribution in [0.2, 0.25) is 0 Å². The number of carbonyl (C=O) groups is 1. The number of rotatable bonds is 4. The van der Waals surface area contributed by atoms with Gasteiger partial charge in [-0.3, -0.25) is 9.69 Å². The number of fused-ring (bicyclic) bond motifs is 1. The number of methoxy groups -OCH3 is 1. The van der Waals surface area contributed by atoms with Crippen molar-refractivity contribution in [1.29, 1.82) is 0 Å². The van der Waals surface area contributed by atoms with Crippen LogP contribution in [0.3, 0.4) is 0 Å². The second-order valence-electron chi connectivity index (χ2n) is 5.45. The molecule has 0 fully saturated rings. The zero-order valence-corrected chi connectivity index (χ0v) is 14.7. The Bertz CT molecular complexity index is 916. The summed E-state index contributed by atoms with van der Waals surface area (Å²) in [6, 6.07) is 13.4. The number of hydrogen-bond donors (Lipinski definition) is 0. The van der Waals surface area contributed by atoms with E-state index in [1.54, 1.807) is 12.0 Å². The van der Waals surface area contributed by atoms with Crippen molar-refractivity contribution >= 4 is 38.8 Å². The smallest absolute Gasteiger partial charge is 0.228 e. The molecule has 4 nitrogen and oxygen atoms in total. The Hall–Kier alpha value is -2.66. The van der Waals surface area contributed by atoms with Crippen LogP contribution in [0.1, 0.15) is 17.5 Å². The molecule has 24 heavy (non-hydrogen) atoms. The van der Waals surface area contributed by atoms with Gasteiger partial charge in [-0.25, -0.2) is 4.98 Å². The highest BCUT2D eigenvalue weighted by atomic mass is 32.1. The summed E-state index contributed by atoms with van der Waals surface area (Å²) in [6.07, 6.45) is 0. The lowest BCUT2D eigenvalue weighted by Crippen LogP contribution is -2.26. The third-order valence-electron chi connectivity index (χ3n) is 3.75. The molecule has 0 saturated heterocycles. The van der Waals surface area contributed by atoms with E-state index in [-0.39, 0.29) is 5.91 Å². The maximum Gasteiger partial charge on any atom is 0.228 e. The first-order valence-corrected chi connectivity index (χ1v) is 8.33. The highest BCUT2D eigenvalue weighted by Crippen LogP contribution is 2.34. The summed E-state index contributed by atoms with van der Waals surface area (Å²) in [5.41, 5.74) is 3.26. The number of para-hydroxylation sites is 1. The molecule has 2 aromatic carbocycles. The number of amides is 1. The maximum atomic E-state index is 12.2. The number of hydrogen-bond acceptors (Lipinski definition) is 4. The molecule has 0 unspecified atom stereocenters. The van der Waals surface area contributed by atoms with Crippen molar-refractivity contribution in [2.24, 2.45) is 0 Å². The molecule has 1 aromatic heterocycles. The van der Waals surface area contributed by atoms with Crippen LogP contribution >= 0.6 is 11.3 Å². The van der Waals surface area contributed by atoms with Gasteiger partial charge in [-0.2, -0.15) is 0 Å². The Morgan fingerprint density at radius 2 is 1.96 bits per heavy atom. The molecule has 122 valence electrons. The van der Waals surface area contributed by atoms with Crippen LogP contribution in [0.4, 0.5) is 5.69 Å². The van der Waals surface area contributed by atoms with E-state index in [1.165, 1.54) is 18.3 Å². The van der Waals surface area contributed by atoms with Gasteiger partial charge in [0.1, 0.15) is 10.8 Å². The lowest BCUT2D eigenvalue weighted by molar-refractivity contribution is -0.115. The lowest BCUT2D eigenvalue weighted by atomic mass is 10.2. The average molecular weight is 338 g/mol. The number of aromatic nitrogens is 1. The summed E-state index contributed by atoms with van der Waals surface area (Å²) in [7, 11) is 1.65. The molecule has 0 bridgehead atoms. The number of anilines is 1. The van der Waals surface area contributed by atoms with Crippen LogP contribution in [-0.2, 0) is 4.79 Å². The van der Waals surface area contributed by atoms with E-state index < -0.39 is 0 Å². The van der Waals surface area contributed by atoms with E-state index in [0.29, 0.717) is 5.70 Å². The zero-order chi connectivity index (χ0) is 17.3. The van der Waals surface area contributed by atoms with Crippen LogP contribution in [0.15, 0.2) is 49.0 Å². The number of nitrogens with zero attached hydrogens (tertiary/aromatic N) is 2. The minimum Gasteiger partial charge on any atom is -0.496 e. The van der Waals surface area contributed by atoms with Gasteiger partial charge < -0.3 is 4.74 Å². The molecule has 0 spiro atoms. The van der Waals surface area contributed by atoms with Gasteiger partial charge in [0.25, 0.3) is 0 Å². The molecule has 0 aliphatic heterocycles. The summed E-state index contributed by atoms with van der Waals surface area (Å²) in [5.74, 6) is 0.731. The minimum atomic E-state index is -0.0979. The molecule has 0 saturated carbocycles. The largest absolute Gasteiger partial charge is 0.496 e. The second-order valence-corrected chi connectivity index (χ2v) is 6.48.